The van der Waals surface area contributed by atoms with Gasteiger partial charge < -0.3 is 10.6 Å². The van der Waals surface area contributed by atoms with E-state index in [1.54, 1.807) is 0 Å². The minimum absolute atomic E-state index is 1.03. The zero-order chi connectivity index (χ0) is 12.4. The van der Waals surface area contributed by atoms with Crippen LogP contribution in [0, 0.1) is 6.92 Å². The number of anilines is 3. The molecule has 2 N–H and O–H groups in total. The second-order valence-electron chi connectivity index (χ2n) is 4.71. The lowest BCUT2D eigenvalue weighted by molar-refractivity contribution is 0.830. The van der Waals surface area contributed by atoms with Crippen molar-refractivity contribution in [2.24, 2.45) is 0 Å². The van der Waals surface area contributed by atoms with Gasteiger partial charge in [-0.15, -0.1) is 0 Å². The summed E-state index contributed by atoms with van der Waals surface area (Å²) in [4.78, 5) is 4.20. The van der Waals surface area contributed by atoms with Gasteiger partial charge in [0.25, 0.3) is 0 Å². The Labute approximate surface area is 107 Å². The molecular weight excluding hydrogens is 222 g/mol. The van der Waals surface area contributed by atoms with Crippen molar-refractivity contribution >= 4 is 17.1 Å². The third kappa shape index (κ3) is 2.30. The van der Waals surface area contributed by atoms with E-state index in [2.05, 4.69) is 39.9 Å². The second-order valence-corrected chi connectivity index (χ2v) is 4.71. The Bertz CT molecular complexity index is 563. The lowest BCUT2D eigenvalue weighted by atomic mass is 10.0. The van der Waals surface area contributed by atoms with E-state index in [1.165, 1.54) is 17.7 Å². The summed E-state index contributed by atoms with van der Waals surface area (Å²) in [5.41, 5.74) is 5.93. The summed E-state index contributed by atoms with van der Waals surface area (Å²) < 4.78 is 0. The number of benzene rings is 1. The first-order valence-corrected chi connectivity index (χ1v) is 6.38. The number of aryl methyl sites for hydroxylation is 2. The molecule has 2 aromatic rings. The van der Waals surface area contributed by atoms with Crippen molar-refractivity contribution in [1.29, 1.82) is 0 Å². The molecule has 0 fully saturated rings. The summed E-state index contributed by atoms with van der Waals surface area (Å²) >= 11 is 0. The Hall–Kier alpha value is -2.03. The van der Waals surface area contributed by atoms with Crippen molar-refractivity contribution in [2.75, 3.05) is 17.2 Å². The SMILES string of the molecule is Cc1cc(Nc2ccc3c(c2)CCCN3)ccn1. The molecule has 18 heavy (non-hydrogen) atoms. The monoisotopic (exact) mass is 239 g/mol. The summed E-state index contributed by atoms with van der Waals surface area (Å²) in [6.45, 7) is 3.09. The minimum Gasteiger partial charge on any atom is -0.385 e. The first kappa shape index (κ1) is 11.1. The molecule has 1 aromatic heterocycles. The van der Waals surface area contributed by atoms with Crippen LogP contribution in [-0.2, 0) is 6.42 Å². The predicted octanol–water partition coefficient (Wildman–Crippen LogP) is 3.49. The Morgan fingerprint density at radius 1 is 1.17 bits per heavy atom. The highest BCUT2D eigenvalue weighted by atomic mass is 14.9. The van der Waals surface area contributed by atoms with Crippen LogP contribution in [0.4, 0.5) is 17.1 Å². The van der Waals surface area contributed by atoms with Gasteiger partial charge in [0.2, 0.25) is 0 Å². The Balaban J connectivity index is 1.85. The summed E-state index contributed by atoms with van der Waals surface area (Å²) in [7, 11) is 0. The topological polar surface area (TPSA) is 37.0 Å². The number of hydrogen-bond donors (Lipinski definition) is 2. The molecular formula is C15H17N3. The van der Waals surface area contributed by atoms with Crippen LogP contribution in [0.25, 0.3) is 0 Å². The summed E-state index contributed by atoms with van der Waals surface area (Å²) in [5.74, 6) is 0. The number of aromatic nitrogens is 1. The molecule has 2 heterocycles. The van der Waals surface area contributed by atoms with E-state index in [1.807, 2.05) is 19.2 Å². The molecule has 0 amide bonds. The number of fused-ring (bicyclic) bond motifs is 1. The average molecular weight is 239 g/mol. The van der Waals surface area contributed by atoms with E-state index >= 15 is 0 Å². The lowest BCUT2D eigenvalue weighted by Gasteiger charge is -2.19. The van der Waals surface area contributed by atoms with E-state index in [0.717, 1.165) is 30.0 Å². The first-order valence-electron chi connectivity index (χ1n) is 6.38. The van der Waals surface area contributed by atoms with Crippen LogP contribution in [-0.4, -0.2) is 11.5 Å². The normalized spacial score (nSPS) is 13.6. The third-order valence-corrected chi connectivity index (χ3v) is 3.23. The quantitative estimate of drug-likeness (QED) is 0.842. The zero-order valence-electron chi connectivity index (χ0n) is 10.5. The van der Waals surface area contributed by atoms with Crippen molar-refractivity contribution in [3.8, 4) is 0 Å². The van der Waals surface area contributed by atoms with Crippen molar-refractivity contribution in [2.45, 2.75) is 19.8 Å². The molecule has 0 saturated heterocycles. The fourth-order valence-corrected chi connectivity index (χ4v) is 2.34. The van der Waals surface area contributed by atoms with Crippen LogP contribution < -0.4 is 10.6 Å². The smallest absolute Gasteiger partial charge is 0.0417 e. The van der Waals surface area contributed by atoms with E-state index < -0.39 is 0 Å². The minimum atomic E-state index is 1.03. The number of nitrogens with one attached hydrogen (secondary N) is 2. The lowest BCUT2D eigenvalue weighted by Crippen LogP contribution is -2.11. The Kier molecular flexibility index (Phi) is 2.89. The molecule has 92 valence electrons. The highest BCUT2D eigenvalue weighted by Gasteiger charge is 2.08. The molecule has 0 bridgehead atoms. The standard InChI is InChI=1S/C15H17N3/c1-11-9-14(6-8-16-11)18-13-4-5-15-12(10-13)3-2-7-17-15/h4-6,8-10,17H,2-3,7H2,1H3,(H,16,18). The van der Waals surface area contributed by atoms with Crippen molar-refractivity contribution in [3.63, 3.8) is 0 Å². The highest BCUT2D eigenvalue weighted by Crippen LogP contribution is 2.26. The molecule has 1 aliphatic heterocycles. The number of hydrogen-bond acceptors (Lipinski definition) is 3. The van der Waals surface area contributed by atoms with Crippen LogP contribution in [0.15, 0.2) is 36.5 Å². The van der Waals surface area contributed by atoms with Gasteiger partial charge in [0, 0.05) is 35.5 Å². The van der Waals surface area contributed by atoms with Crippen molar-refractivity contribution in [1.82, 2.24) is 4.98 Å². The average Bonchev–Trinajstić information content (AvgIpc) is 2.39. The van der Waals surface area contributed by atoms with Gasteiger partial charge in [-0.1, -0.05) is 0 Å². The van der Waals surface area contributed by atoms with E-state index in [0.29, 0.717) is 0 Å². The fraction of sp³-hybridized carbons (Fsp3) is 0.267. The Morgan fingerprint density at radius 2 is 2.06 bits per heavy atom. The van der Waals surface area contributed by atoms with Gasteiger partial charge in [0.15, 0.2) is 0 Å². The van der Waals surface area contributed by atoms with Gasteiger partial charge in [-0.05, 0) is 55.7 Å². The van der Waals surface area contributed by atoms with Gasteiger partial charge in [0.05, 0.1) is 0 Å². The van der Waals surface area contributed by atoms with Crippen LogP contribution >= 0.6 is 0 Å². The van der Waals surface area contributed by atoms with Crippen LogP contribution in [0.5, 0.6) is 0 Å². The molecule has 3 nitrogen and oxygen atoms in total. The molecule has 0 aliphatic carbocycles. The largest absolute Gasteiger partial charge is 0.385 e. The van der Waals surface area contributed by atoms with Crippen LogP contribution in [0.2, 0.25) is 0 Å². The molecule has 0 atom stereocenters. The van der Waals surface area contributed by atoms with E-state index in [4.69, 9.17) is 0 Å². The molecule has 0 saturated carbocycles. The van der Waals surface area contributed by atoms with Crippen molar-refractivity contribution < 1.29 is 0 Å². The maximum absolute atomic E-state index is 4.20. The van der Waals surface area contributed by atoms with Gasteiger partial charge >= 0.3 is 0 Å². The highest BCUT2D eigenvalue weighted by molar-refractivity contribution is 5.66. The van der Waals surface area contributed by atoms with Crippen molar-refractivity contribution in [3.05, 3.63) is 47.8 Å². The number of nitrogens with zero attached hydrogens (tertiary/aromatic N) is 1. The molecule has 0 spiro atoms. The fourth-order valence-electron chi connectivity index (χ4n) is 2.34. The van der Waals surface area contributed by atoms with Gasteiger partial charge in [-0.25, -0.2) is 0 Å². The van der Waals surface area contributed by atoms with E-state index in [9.17, 15) is 0 Å². The molecule has 1 aliphatic rings. The number of rotatable bonds is 2. The predicted molar refractivity (Wildman–Crippen MR) is 75.5 cm³/mol. The zero-order valence-corrected chi connectivity index (χ0v) is 10.5. The van der Waals surface area contributed by atoms with Crippen LogP contribution in [0.3, 0.4) is 0 Å². The summed E-state index contributed by atoms with van der Waals surface area (Å²) in [6, 6.07) is 10.6. The third-order valence-electron chi connectivity index (χ3n) is 3.23. The summed E-state index contributed by atoms with van der Waals surface area (Å²) in [6.07, 6.45) is 4.20. The number of pyridine rings is 1. The van der Waals surface area contributed by atoms with Crippen LogP contribution in [0.1, 0.15) is 17.7 Å². The van der Waals surface area contributed by atoms with Gasteiger partial charge in [-0.2, -0.15) is 0 Å². The molecule has 0 unspecified atom stereocenters. The summed E-state index contributed by atoms with van der Waals surface area (Å²) in [5, 5.41) is 6.85. The molecule has 0 radical (unpaired) electrons. The maximum Gasteiger partial charge on any atom is 0.0417 e. The Morgan fingerprint density at radius 3 is 2.94 bits per heavy atom. The first-order chi connectivity index (χ1) is 8.81. The molecule has 3 rings (SSSR count). The molecule has 3 heteroatoms. The van der Waals surface area contributed by atoms with Gasteiger partial charge in [0.1, 0.15) is 0 Å². The maximum atomic E-state index is 4.20. The van der Waals surface area contributed by atoms with E-state index in [-0.39, 0.29) is 0 Å². The molecule has 1 aromatic carbocycles. The second kappa shape index (κ2) is 4.69. The van der Waals surface area contributed by atoms with Gasteiger partial charge in [-0.3, -0.25) is 4.98 Å².